The summed E-state index contributed by atoms with van der Waals surface area (Å²) in [5.74, 6) is -0.203. The Morgan fingerprint density at radius 2 is 2.30 bits per heavy atom. The van der Waals surface area contributed by atoms with Crippen molar-refractivity contribution in [3.05, 3.63) is 0 Å². The molecular weight excluding hydrogens is 133 g/mol. The van der Waals surface area contributed by atoms with Crippen molar-refractivity contribution in [3.63, 3.8) is 0 Å². The molecule has 0 unspecified atom stereocenters. The Hall–Kier alpha value is -0.440. The number of rotatable bonds is 0. The average Bonchev–Trinajstić information content (AvgIpc) is 2.29. The van der Waals surface area contributed by atoms with Gasteiger partial charge in [-0.15, -0.1) is 0 Å². The number of hydrogen-bond donors (Lipinski definition) is 1. The van der Waals surface area contributed by atoms with Gasteiger partial charge in [0.2, 0.25) is 0 Å². The molecule has 0 aromatic carbocycles. The standard InChI is InChI=1S/C7H10FNO/c8-7-5-2-1-4(9-5)3-6(7)10/h4-5,7,9H,1-3H2/t4-,5-,7-/m0/s1. The average molecular weight is 143 g/mol. The van der Waals surface area contributed by atoms with Gasteiger partial charge in [-0.25, -0.2) is 4.39 Å². The van der Waals surface area contributed by atoms with E-state index in [4.69, 9.17) is 0 Å². The van der Waals surface area contributed by atoms with Crippen molar-refractivity contribution in [2.45, 2.75) is 37.5 Å². The summed E-state index contributed by atoms with van der Waals surface area (Å²) in [6.45, 7) is 0. The summed E-state index contributed by atoms with van der Waals surface area (Å²) in [7, 11) is 0. The number of nitrogens with one attached hydrogen (secondary N) is 1. The smallest absolute Gasteiger partial charge is 0.173 e. The van der Waals surface area contributed by atoms with Crippen LogP contribution in [-0.4, -0.2) is 24.0 Å². The molecule has 1 N–H and O–H groups in total. The van der Waals surface area contributed by atoms with Crippen molar-refractivity contribution in [2.75, 3.05) is 0 Å². The Balaban J connectivity index is 2.17. The molecule has 2 nitrogen and oxygen atoms in total. The van der Waals surface area contributed by atoms with Crippen LogP contribution in [0.2, 0.25) is 0 Å². The van der Waals surface area contributed by atoms with E-state index in [0.717, 1.165) is 12.8 Å². The van der Waals surface area contributed by atoms with Gasteiger partial charge < -0.3 is 5.32 Å². The number of alkyl halides is 1. The van der Waals surface area contributed by atoms with Crippen molar-refractivity contribution in [3.8, 4) is 0 Å². The molecule has 0 amide bonds. The third-order valence-electron chi connectivity index (χ3n) is 2.38. The molecule has 0 saturated carbocycles. The fourth-order valence-electron chi connectivity index (χ4n) is 1.82. The molecule has 2 aliphatic heterocycles. The summed E-state index contributed by atoms with van der Waals surface area (Å²) in [6, 6.07) is 0.121. The van der Waals surface area contributed by atoms with Gasteiger partial charge in [-0.05, 0) is 12.8 Å². The van der Waals surface area contributed by atoms with E-state index in [1.165, 1.54) is 0 Å². The van der Waals surface area contributed by atoms with Crippen LogP contribution in [0.1, 0.15) is 19.3 Å². The van der Waals surface area contributed by atoms with Crippen LogP contribution in [-0.2, 0) is 4.79 Å². The fourth-order valence-corrected chi connectivity index (χ4v) is 1.82. The molecular formula is C7H10FNO. The van der Waals surface area contributed by atoms with Crippen LogP contribution in [0.3, 0.4) is 0 Å². The van der Waals surface area contributed by atoms with E-state index in [1.54, 1.807) is 0 Å². The van der Waals surface area contributed by atoms with Gasteiger partial charge in [0.05, 0.1) is 0 Å². The van der Waals surface area contributed by atoms with E-state index in [0.29, 0.717) is 6.42 Å². The Morgan fingerprint density at radius 3 is 3.10 bits per heavy atom. The zero-order chi connectivity index (χ0) is 7.14. The topological polar surface area (TPSA) is 29.1 Å². The maximum absolute atomic E-state index is 12.9. The summed E-state index contributed by atoms with van der Waals surface area (Å²) >= 11 is 0. The number of Topliss-reactive ketones (excluding diaryl/α,β-unsaturated/α-hetero) is 1. The van der Waals surface area contributed by atoms with Crippen molar-refractivity contribution >= 4 is 5.78 Å². The van der Waals surface area contributed by atoms with Crippen LogP contribution in [0.15, 0.2) is 0 Å². The molecule has 3 heteroatoms. The van der Waals surface area contributed by atoms with E-state index in [1.807, 2.05) is 0 Å². The molecule has 2 saturated heterocycles. The highest BCUT2D eigenvalue weighted by Gasteiger charge is 2.40. The minimum absolute atomic E-state index is 0.161. The van der Waals surface area contributed by atoms with E-state index in [2.05, 4.69) is 5.32 Å². The highest BCUT2D eigenvalue weighted by atomic mass is 19.1. The van der Waals surface area contributed by atoms with Crippen LogP contribution >= 0.6 is 0 Å². The Morgan fingerprint density at radius 1 is 1.50 bits per heavy atom. The zero-order valence-corrected chi connectivity index (χ0v) is 5.64. The van der Waals surface area contributed by atoms with Gasteiger partial charge in [-0.2, -0.15) is 0 Å². The number of halogens is 1. The number of carbonyl (C=O) groups excluding carboxylic acids is 1. The molecule has 3 atom stereocenters. The first-order valence-electron chi connectivity index (χ1n) is 3.70. The Bertz CT molecular complexity index is 171. The van der Waals surface area contributed by atoms with E-state index in [9.17, 15) is 9.18 Å². The number of fused-ring (bicyclic) bond motifs is 2. The molecule has 0 aromatic heterocycles. The minimum atomic E-state index is -1.22. The van der Waals surface area contributed by atoms with Gasteiger partial charge >= 0.3 is 0 Å². The molecule has 0 spiro atoms. The van der Waals surface area contributed by atoms with E-state index in [-0.39, 0.29) is 17.9 Å². The van der Waals surface area contributed by atoms with E-state index < -0.39 is 6.17 Å². The van der Waals surface area contributed by atoms with Gasteiger partial charge in [-0.3, -0.25) is 4.79 Å². The molecule has 2 heterocycles. The highest BCUT2D eigenvalue weighted by molar-refractivity contribution is 5.85. The van der Waals surface area contributed by atoms with Crippen LogP contribution in [0, 0.1) is 0 Å². The normalized spacial score (nSPS) is 46.1. The van der Waals surface area contributed by atoms with Crippen LogP contribution < -0.4 is 5.32 Å². The first-order valence-corrected chi connectivity index (χ1v) is 3.70. The highest BCUT2D eigenvalue weighted by Crippen LogP contribution is 2.26. The first kappa shape index (κ1) is 6.28. The lowest BCUT2D eigenvalue weighted by molar-refractivity contribution is -0.126. The molecule has 2 fully saturated rings. The second-order valence-electron chi connectivity index (χ2n) is 3.12. The third kappa shape index (κ3) is 0.770. The minimum Gasteiger partial charge on any atom is -0.308 e. The molecule has 10 heavy (non-hydrogen) atoms. The van der Waals surface area contributed by atoms with Gasteiger partial charge in [0.1, 0.15) is 0 Å². The predicted octanol–water partition coefficient (Wildman–Crippen LogP) is 0.418. The van der Waals surface area contributed by atoms with Crippen LogP contribution in [0.4, 0.5) is 4.39 Å². The van der Waals surface area contributed by atoms with E-state index >= 15 is 0 Å². The molecule has 0 aromatic rings. The van der Waals surface area contributed by atoms with Crippen LogP contribution in [0.5, 0.6) is 0 Å². The monoisotopic (exact) mass is 143 g/mol. The summed E-state index contributed by atoms with van der Waals surface area (Å²) in [4.78, 5) is 10.8. The zero-order valence-electron chi connectivity index (χ0n) is 5.64. The number of piperidine rings is 1. The van der Waals surface area contributed by atoms with Gasteiger partial charge in [0.25, 0.3) is 0 Å². The van der Waals surface area contributed by atoms with Gasteiger partial charge in [0.15, 0.2) is 12.0 Å². The summed E-state index contributed by atoms with van der Waals surface area (Å²) in [5.41, 5.74) is 0. The lowest BCUT2D eigenvalue weighted by Gasteiger charge is -2.22. The third-order valence-corrected chi connectivity index (χ3v) is 2.38. The molecule has 2 aliphatic rings. The molecule has 56 valence electrons. The summed E-state index contributed by atoms with van der Waals surface area (Å²) in [6.07, 6.45) is 0.977. The first-order chi connectivity index (χ1) is 4.77. The van der Waals surface area contributed by atoms with Crippen molar-refractivity contribution in [2.24, 2.45) is 0 Å². The van der Waals surface area contributed by atoms with Gasteiger partial charge in [-0.1, -0.05) is 0 Å². The van der Waals surface area contributed by atoms with Gasteiger partial charge in [0, 0.05) is 18.5 Å². The summed E-state index contributed by atoms with van der Waals surface area (Å²) < 4.78 is 12.9. The Kier molecular flexibility index (Phi) is 1.27. The lowest BCUT2D eigenvalue weighted by atomic mass is 10.0. The second kappa shape index (κ2) is 2.02. The molecule has 0 aliphatic carbocycles. The Labute approximate surface area is 58.8 Å². The molecule has 0 radical (unpaired) electrons. The fraction of sp³-hybridized carbons (Fsp3) is 0.857. The van der Waals surface area contributed by atoms with Crippen molar-refractivity contribution in [1.82, 2.24) is 5.32 Å². The van der Waals surface area contributed by atoms with Crippen molar-refractivity contribution < 1.29 is 9.18 Å². The quantitative estimate of drug-likeness (QED) is 0.532. The summed E-state index contributed by atoms with van der Waals surface area (Å²) in [5, 5.41) is 3.07. The number of ketones is 1. The SMILES string of the molecule is O=C1C[C@@H]2CC[C@H](N2)[C@@H]1F. The predicted molar refractivity (Wildman–Crippen MR) is 34.5 cm³/mol. The maximum atomic E-state index is 12.9. The molecule has 2 rings (SSSR count). The van der Waals surface area contributed by atoms with Crippen molar-refractivity contribution in [1.29, 1.82) is 0 Å². The molecule has 2 bridgehead atoms. The number of hydrogen-bond acceptors (Lipinski definition) is 2. The number of carbonyl (C=O) groups is 1. The second-order valence-corrected chi connectivity index (χ2v) is 3.12. The van der Waals surface area contributed by atoms with Crippen LogP contribution in [0.25, 0.3) is 0 Å². The maximum Gasteiger partial charge on any atom is 0.173 e. The largest absolute Gasteiger partial charge is 0.308 e. The lowest BCUT2D eigenvalue weighted by Crippen LogP contribution is -2.47.